The van der Waals surface area contributed by atoms with Crippen LogP contribution in [0.15, 0.2) is 120 Å². The number of hydrogen-bond donors (Lipinski definition) is 2. The summed E-state index contributed by atoms with van der Waals surface area (Å²) in [7, 11) is 0. The molecule has 0 bridgehead atoms. The number of amides is 2. The van der Waals surface area contributed by atoms with Crippen molar-refractivity contribution in [3.05, 3.63) is 143 Å². The van der Waals surface area contributed by atoms with Crippen LogP contribution >= 0.6 is 0 Å². The Labute approximate surface area is 216 Å². The fraction of sp³-hybridized carbons (Fsp3) is 0.129. The van der Waals surface area contributed by atoms with E-state index in [1.807, 2.05) is 110 Å². The molecule has 3 N–H and O–H groups in total. The molecule has 0 spiro atoms. The van der Waals surface area contributed by atoms with Crippen LogP contribution in [0, 0.1) is 0 Å². The molecule has 0 saturated heterocycles. The van der Waals surface area contributed by atoms with E-state index in [1.165, 1.54) is 4.90 Å². The third-order valence-electron chi connectivity index (χ3n) is 6.67. The van der Waals surface area contributed by atoms with Gasteiger partial charge in [0.2, 0.25) is 0 Å². The minimum Gasteiger partial charge on any atom is -0.369 e. The van der Waals surface area contributed by atoms with Gasteiger partial charge >= 0.3 is 0 Å². The average molecular weight is 489 g/mol. The molecule has 4 aromatic rings. The predicted octanol–water partition coefficient (Wildman–Crippen LogP) is 4.78. The van der Waals surface area contributed by atoms with Crippen molar-refractivity contribution >= 4 is 17.8 Å². The largest absolute Gasteiger partial charge is 0.369 e. The first kappa shape index (κ1) is 24.0. The van der Waals surface area contributed by atoms with Crippen molar-refractivity contribution in [2.45, 2.75) is 25.0 Å². The third-order valence-corrected chi connectivity index (χ3v) is 6.67. The lowest BCUT2D eigenvalue weighted by atomic mass is 9.83. The van der Waals surface area contributed by atoms with Gasteiger partial charge in [0.1, 0.15) is 0 Å². The van der Waals surface area contributed by atoms with Crippen LogP contribution in [0.25, 0.3) is 0 Å². The Kier molecular flexibility index (Phi) is 6.56. The number of nitrogens with one attached hydrogen (secondary N) is 1. The van der Waals surface area contributed by atoms with E-state index in [1.54, 1.807) is 12.1 Å². The van der Waals surface area contributed by atoms with Gasteiger partial charge in [0.15, 0.2) is 11.5 Å². The Morgan fingerprint density at radius 1 is 0.865 bits per heavy atom. The van der Waals surface area contributed by atoms with Crippen molar-refractivity contribution < 1.29 is 9.59 Å². The predicted molar refractivity (Wildman–Crippen MR) is 145 cm³/mol. The number of hydrogen-bond acceptors (Lipinski definition) is 4. The molecule has 2 amide bonds. The molecule has 1 aliphatic heterocycles. The topological polar surface area (TPSA) is 87.8 Å². The Bertz CT molecular complexity index is 1400. The molecule has 0 aliphatic carbocycles. The standard InChI is InChI=1S/C31H28N4O2/c1-22(24-13-5-2-6-14-24)33-28(36)25-15-11-12-23(20-25)21-35-29(37)31(34-30(35)32,26-16-7-3-8-17-26)27-18-9-4-10-19-27/h2-20,22H,21H2,1H3,(H2,32,34)(H,33,36). The van der Waals surface area contributed by atoms with Crippen LogP contribution in [0.5, 0.6) is 0 Å². The van der Waals surface area contributed by atoms with E-state index >= 15 is 0 Å². The molecule has 0 aromatic heterocycles. The Morgan fingerprint density at radius 2 is 1.43 bits per heavy atom. The van der Waals surface area contributed by atoms with Crippen molar-refractivity contribution in [3.63, 3.8) is 0 Å². The molecule has 1 unspecified atom stereocenters. The summed E-state index contributed by atoms with van der Waals surface area (Å²) < 4.78 is 0. The maximum atomic E-state index is 14.0. The second-order valence-electron chi connectivity index (χ2n) is 9.11. The maximum Gasteiger partial charge on any atom is 0.266 e. The minimum absolute atomic E-state index is 0.141. The van der Waals surface area contributed by atoms with Crippen LogP contribution in [0.3, 0.4) is 0 Å². The summed E-state index contributed by atoms with van der Waals surface area (Å²) in [5, 5.41) is 3.04. The molecule has 0 radical (unpaired) electrons. The number of guanidine groups is 1. The molecular formula is C31H28N4O2. The lowest BCUT2D eigenvalue weighted by molar-refractivity contribution is -0.130. The summed E-state index contributed by atoms with van der Waals surface area (Å²) in [5.74, 6) is -0.268. The molecule has 0 fully saturated rings. The summed E-state index contributed by atoms with van der Waals surface area (Å²) in [6.07, 6.45) is 0. The van der Waals surface area contributed by atoms with Crippen LogP contribution in [0.4, 0.5) is 0 Å². The van der Waals surface area contributed by atoms with E-state index in [4.69, 9.17) is 10.7 Å². The summed E-state index contributed by atoms with van der Waals surface area (Å²) in [4.78, 5) is 33.2. The summed E-state index contributed by atoms with van der Waals surface area (Å²) >= 11 is 0. The van der Waals surface area contributed by atoms with Gasteiger partial charge in [-0.1, -0.05) is 103 Å². The first-order chi connectivity index (χ1) is 18.0. The highest BCUT2D eigenvalue weighted by molar-refractivity contribution is 6.09. The molecule has 184 valence electrons. The molecule has 0 saturated carbocycles. The van der Waals surface area contributed by atoms with E-state index in [0.29, 0.717) is 5.56 Å². The second-order valence-corrected chi connectivity index (χ2v) is 9.11. The van der Waals surface area contributed by atoms with E-state index in [-0.39, 0.29) is 30.4 Å². The van der Waals surface area contributed by atoms with Crippen molar-refractivity contribution in [1.29, 1.82) is 0 Å². The highest BCUT2D eigenvalue weighted by Gasteiger charge is 2.50. The van der Waals surface area contributed by atoms with E-state index < -0.39 is 5.54 Å². The lowest BCUT2D eigenvalue weighted by Gasteiger charge is -2.27. The van der Waals surface area contributed by atoms with Gasteiger partial charge < -0.3 is 11.1 Å². The summed E-state index contributed by atoms with van der Waals surface area (Å²) in [6, 6.07) is 35.8. The molecule has 5 rings (SSSR count). The Balaban J connectivity index is 1.40. The van der Waals surface area contributed by atoms with Gasteiger partial charge in [-0.15, -0.1) is 0 Å². The van der Waals surface area contributed by atoms with Crippen molar-refractivity contribution in [2.75, 3.05) is 0 Å². The SMILES string of the molecule is CC(NC(=O)c1cccc(CN2C(=O)C(c3ccccc3)(c3ccccc3)N=C2N)c1)c1ccccc1. The zero-order valence-electron chi connectivity index (χ0n) is 20.5. The van der Waals surface area contributed by atoms with Gasteiger partial charge in [-0.2, -0.15) is 0 Å². The first-order valence-electron chi connectivity index (χ1n) is 12.2. The smallest absolute Gasteiger partial charge is 0.266 e. The van der Waals surface area contributed by atoms with Crippen molar-refractivity contribution in [1.82, 2.24) is 10.2 Å². The second kappa shape index (κ2) is 10.1. The number of aliphatic imine (C=N–C) groups is 1. The number of benzene rings is 4. The van der Waals surface area contributed by atoms with Crippen LogP contribution in [0.2, 0.25) is 0 Å². The van der Waals surface area contributed by atoms with Gasteiger partial charge in [0, 0.05) is 5.56 Å². The van der Waals surface area contributed by atoms with Gasteiger partial charge in [0.25, 0.3) is 11.8 Å². The average Bonchev–Trinajstić information content (AvgIpc) is 3.20. The molecule has 6 nitrogen and oxygen atoms in total. The molecule has 6 heteroatoms. The maximum absolute atomic E-state index is 14.0. The van der Waals surface area contributed by atoms with Gasteiger partial charge in [0.05, 0.1) is 12.6 Å². The molecule has 1 aliphatic rings. The molecule has 1 atom stereocenters. The van der Waals surface area contributed by atoms with Crippen LogP contribution in [-0.2, 0) is 16.9 Å². The summed E-state index contributed by atoms with van der Waals surface area (Å²) in [6.45, 7) is 2.15. The minimum atomic E-state index is -1.26. The monoisotopic (exact) mass is 488 g/mol. The lowest BCUT2D eigenvalue weighted by Crippen LogP contribution is -2.43. The quantitative estimate of drug-likeness (QED) is 0.393. The fourth-order valence-corrected chi connectivity index (χ4v) is 4.73. The number of carbonyl (C=O) groups is 2. The normalized spacial score (nSPS) is 15.2. The van der Waals surface area contributed by atoms with E-state index in [9.17, 15) is 9.59 Å². The van der Waals surface area contributed by atoms with E-state index in [0.717, 1.165) is 22.3 Å². The first-order valence-corrected chi connectivity index (χ1v) is 12.2. The molecule has 1 heterocycles. The number of carbonyl (C=O) groups excluding carboxylic acids is 2. The van der Waals surface area contributed by atoms with Gasteiger partial charge in [-0.3, -0.25) is 14.5 Å². The number of nitrogens with two attached hydrogens (primary N) is 1. The van der Waals surface area contributed by atoms with E-state index in [2.05, 4.69) is 5.32 Å². The number of nitrogens with zero attached hydrogens (tertiary/aromatic N) is 2. The number of rotatable bonds is 7. The van der Waals surface area contributed by atoms with Crippen molar-refractivity contribution in [3.8, 4) is 0 Å². The third kappa shape index (κ3) is 4.61. The zero-order valence-corrected chi connectivity index (χ0v) is 20.5. The molecule has 37 heavy (non-hydrogen) atoms. The van der Waals surface area contributed by atoms with Gasteiger partial charge in [-0.25, -0.2) is 4.99 Å². The zero-order chi connectivity index (χ0) is 25.8. The van der Waals surface area contributed by atoms with Crippen LogP contribution in [-0.4, -0.2) is 22.7 Å². The van der Waals surface area contributed by atoms with Gasteiger partial charge in [-0.05, 0) is 41.3 Å². The van der Waals surface area contributed by atoms with Crippen LogP contribution < -0.4 is 11.1 Å². The highest BCUT2D eigenvalue weighted by Crippen LogP contribution is 2.39. The Hall–Kier alpha value is -4.71. The Morgan fingerprint density at radius 3 is 2.03 bits per heavy atom. The molecule has 4 aromatic carbocycles. The fourth-order valence-electron chi connectivity index (χ4n) is 4.73. The van der Waals surface area contributed by atoms with Crippen LogP contribution in [0.1, 0.15) is 45.6 Å². The highest BCUT2D eigenvalue weighted by atomic mass is 16.2. The molecular weight excluding hydrogens is 460 g/mol. The summed E-state index contributed by atoms with van der Waals surface area (Å²) in [5.41, 5.74) is 8.93. The van der Waals surface area contributed by atoms with Crippen molar-refractivity contribution in [2.24, 2.45) is 10.7 Å².